The standard InChI is InChI=1S/C20H19N5O4/c1-12-6-8-15(9-7-12)25-14(3)18(13(2)22-25)21-17(26)11-24-20(27)29-19(23-24)16-5-4-10-28-16/h4-10H,11H2,1-3H3,(H,21,26). The molecule has 4 rings (SSSR count). The largest absolute Gasteiger partial charge is 0.459 e. The van der Waals surface area contributed by atoms with Crippen molar-refractivity contribution in [1.82, 2.24) is 19.6 Å². The first-order chi connectivity index (χ1) is 13.9. The lowest BCUT2D eigenvalue weighted by atomic mass is 10.2. The molecule has 29 heavy (non-hydrogen) atoms. The Labute approximate surface area is 165 Å². The predicted octanol–water partition coefficient (Wildman–Crippen LogP) is 2.85. The minimum atomic E-state index is -0.740. The molecular weight excluding hydrogens is 374 g/mol. The molecule has 0 saturated carbocycles. The number of carbonyl (C=O) groups excluding carboxylic acids is 1. The topological polar surface area (TPSA) is 108 Å². The molecule has 0 atom stereocenters. The van der Waals surface area contributed by atoms with E-state index in [-0.39, 0.29) is 12.4 Å². The molecule has 9 nitrogen and oxygen atoms in total. The summed E-state index contributed by atoms with van der Waals surface area (Å²) in [5, 5.41) is 11.3. The third-order valence-electron chi connectivity index (χ3n) is 4.47. The normalized spacial score (nSPS) is 11.0. The summed E-state index contributed by atoms with van der Waals surface area (Å²) in [6.07, 6.45) is 1.44. The maximum atomic E-state index is 12.5. The van der Waals surface area contributed by atoms with E-state index in [0.717, 1.165) is 21.6 Å². The second-order valence-corrected chi connectivity index (χ2v) is 6.65. The van der Waals surface area contributed by atoms with E-state index < -0.39 is 11.7 Å². The molecule has 0 aliphatic heterocycles. The number of benzene rings is 1. The maximum absolute atomic E-state index is 12.5. The minimum absolute atomic E-state index is 0.0207. The van der Waals surface area contributed by atoms with Crippen LogP contribution in [0.25, 0.3) is 17.3 Å². The van der Waals surface area contributed by atoms with Gasteiger partial charge in [0.15, 0.2) is 5.76 Å². The molecule has 3 aromatic heterocycles. The van der Waals surface area contributed by atoms with Crippen molar-refractivity contribution in [3.8, 4) is 17.3 Å². The van der Waals surface area contributed by atoms with E-state index in [0.29, 0.717) is 17.1 Å². The Hall–Kier alpha value is -3.88. The van der Waals surface area contributed by atoms with Crippen molar-refractivity contribution in [2.45, 2.75) is 27.3 Å². The number of nitrogens with one attached hydrogen (secondary N) is 1. The molecule has 0 aliphatic rings. The molecule has 9 heteroatoms. The zero-order valence-electron chi connectivity index (χ0n) is 16.2. The van der Waals surface area contributed by atoms with Gasteiger partial charge in [0.2, 0.25) is 5.91 Å². The fourth-order valence-electron chi connectivity index (χ4n) is 2.98. The molecule has 4 aromatic rings. The smallest absolute Gasteiger partial charge is 0.437 e. The third-order valence-corrected chi connectivity index (χ3v) is 4.47. The Morgan fingerprint density at radius 2 is 1.86 bits per heavy atom. The van der Waals surface area contributed by atoms with E-state index in [4.69, 9.17) is 8.83 Å². The van der Waals surface area contributed by atoms with Gasteiger partial charge in [0.1, 0.15) is 6.54 Å². The van der Waals surface area contributed by atoms with Gasteiger partial charge in [-0.3, -0.25) is 4.79 Å². The van der Waals surface area contributed by atoms with Crippen LogP contribution in [0.3, 0.4) is 0 Å². The van der Waals surface area contributed by atoms with Crippen LogP contribution in [0.5, 0.6) is 0 Å². The minimum Gasteiger partial charge on any atom is -0.459 e. The van der Waals surface area contributed by atoms with E-state index >= 15 is 0 Å². The average Bonchev–Trinajstić information content (AvgIpc) is 3.40. The first-order valence-corrected chi connectivity index (χ1v) is 8.97. The Bertz CT molecular complexity index is 1210. The predicted molar refractivity (Wildman–Crippen MR) is 105 cm³/mol. The van der Waals surface area contributed by atoms with Gasteiger partial charge in [-0.15, -0.1) is 5.10 Å². The highest BCUT2D eigenvalue weighted by atomic mass is 16.4. The summed E-state index contributed by atoms with van der Waals surface area (Å²) >= 11 is 0. The molecule has 1 N–H and O–H groups in total. The second kappa shape index (κ2) is 7.27. The van der Waals surface area contributed by atoms with Gasteiger partial charge in [-0.25, -0.2) is 9.48 Å². The van der Waals surface area contributed by atoms with Crippen LogP contribution in [0.4, 0.5) is 5.69 Å². The summed E-state index contributed by atoms with van der Waals surface area (Å²) in [6.45, 7) is 5.40. The van der Waals surface area contributed by atoms with Crippen molar-refractivity contribution in [1.29, 1.82) is 0 Å². The van der Waals surface area contributed by atoms with E-state index in [2.05, 4.69) is 15.5 Å². The van der Waals surface area contributed by atoms with E-state index in [1.54, 1.807) is 16.8 Å². The first kappa shape index (κ1) is 18.5. The van der Waals surface area contributed by atoms with Crippen molar-refractivity contribution in [3.05, 3.63) is 70.2 Å². The SMILES string of the molecule is Cc1ccc(-n2nc(C)c(NC(=O)Cn3nc(-c4ccco4)oc3=O)c2C)cc1. The quantitative estimate of drug-likeness (QED) is 0.559. The average molecular weight is 393 g/mol. The van der Waals surface area contributed by atoms with Gasteiger partial charge in [-0.2, -0.15) is 9.78 Å². The maximum Gasteiger partial charge on any atom is 0.437 e. The van der Waals surface area contributed by atoms with E-state index in [9.17, 15) is 9.59 Å². The molecule has 1 amide bonds. The zero-order valence-corrected chi connectivity index (χ0v) is 16.2. The van der Waals surface area contributed by atoms with Crippen molar-refractivity contribution >= 4 is 11.6 Å². The molecule has 0 aliphatic carbocycles. The van der Waals surface area contributed by atoms with Gasteiger partial charge < -0.3 is 14.2 Å². The number of rotatable bonds is 5. The first-order valence-electron chi connectivity index (χ1n) is 8.97. The number of hydrogen-bond acceptors (Lipinski definition) is 6. The lowest BCUT2D eigenvalue weighted by Gasteiger charge is -2.07. The summed E-state index contributed by atoms with van der Waals surface area (Å²) < 4.78 is 12.9. The van der Waals surface area contributed by atoms with Crippen LogP contribution in [-0.4, -0.2) is 25.5 Å². The Morgan fingerprint density at radius 1 is 1.10 bits per heavy atom. The number of aryl methyl sites for hydroxylation is 2. The highest BCUT2D eigenvalue weighted by molar-refractivity contribution is 5.91. The number of anilines is 1. The summed E-state index contributed by atoms with van der Waals surface area (Å²) in [5.74, 6) is -0.823. The molecule has 1 aromatic carbocycles. The number of amides is 1. The van der Waals surface area contributed by atoms with Gasteiger partial charge >= 0.3 is 5.76 Å². The highest BCUT2D eigenvalue weighted by Crippen LogP contribution is 2.23. The number of furan rings is 1. The van der Waals surface area contributed by atoms with Crippen LogP contribution >= 0.6 is 0 Å². The second-order valence-electron chi connectivity index (χ2n) is 6.65. The summed E-state index contributed by atoms with van der Waals surface area (Å²) in [5.41, 5.74) is 4.09. The molecule has 3 heterocycles. The molecule has 148 valence electrons. The summed E-state index contributed by atoms with van der Waals surface area (Å²) in [4.78, 5) is 24.5. The fraction of sp³-hybridized carbons (Fsp3) is 0.200. The van der Waals surface area contributed by atoms with E-state index in [1.165, 1.54) is 6.26 Å². The lowest BCUT2D eigenvalue weighted by molar-refractivity contribution is -0.117. The van der Waals surface area contributed by atoms with Gasteiger partial charge in [0.05, 0.1) is 29.0 Å². The summed E-state index contributed by atoms with van der Waals surface area (Å²) in [7, 11) is 0. The van der Waals surface area contributed by atoms with Crippen LogP contribution in [0.1, 0.15) is 17.0 Å². The van der Waals surface area contributed by atoms with Crippen LogP contribution in [0.15, 0.2) is 56.3 Å². The molecule has 0 radical (unpaired) electrons. The lowest BCUT2D eigenvalue weighted by Crippen LogP contribution is -2.26. The molecule has 0 unspecified atom stereocenters. The molecule has 0 bridgehead atoms. The van der Waals surface area contributed by atoms with Gasteiger partial charge in [0, 0.05) is 0 Å². The Kier molecular flexibility index (Phi) is 4.63. The van der Waals surface area contributed by atoms with E-state index in [1.807, 2.05) is 45.0 Å². The molecule has 0 saturated heterocycles. The van der Waals surface area contributed by atoms with Crippen molar-refractivity contribution in [3.63, 3.8) is 0 Å². The number of hydrogen-bond donors (Lipinski definition) is 1. The molecule has 0 fully saturated rings. The van der Waals surface area contributed by atoms with Crippen LogP contribution in [0, 0.1) is 20.8 Å². The Balaban J connectivity index is 1.53. The molecular formula is C20H19N5O4. The van der Waals surface area contributed by atoms with Crippen molar-refractivity contribution in [2.75, 3.05) is 5.32 Å². The van der Waals surface area contributed by atoms with Crippen LogP contribution in [-0.2, 0) is 11.3 Å². The van der Waals surface area contributed by atoms with Gasteiger partial charge in [0.25, 0.3) is 5.89 Å². The number of aromatic nitrogens is 4. The fourth-order valence-corrected chi connectivity index (χ4v) is 2.98. The van der Waals surface area contributed by atoms with Crippen LogP contribution in [0.2, 0.25) is 0 Å². The third kappa shape index (κ3) is 3.62. The zero-order chi connectivity index (χ0) is 20.5. The van der Waals surface area contributed by atoms with Gasteiger partial charge in [-0.05, 0) is 45.0 Å². The monoisotopic (exact) mass is 393 g/mol. The Morgan fingerprint density at radius 3 is 2.55 bits per heavy atom. The van der Waals surface area contributed by atoms with Crippen molar-refractivity contribution < 1.29 is 13.6 Å². The summed E-state index contributed by atoms with van der Waals surface area (Å²) in [6, 6.07) is 11.2. The van der Waals surface area contributed by atoms with Crippen molar-refractivity contribution in [2.24, 2.45) is 0 Å². The highest BCUT2D eigenvalue weighted by Gasteiger charge is 2.18. The number of carbonyl (C=O) groups is 1. The van der Waals surface area contributed by atoms with Crippen LogP contribution < -0.4 is 11.1 Å². The van der Waals surface area contributed by atoms with Gasteiger partial charge in [-0.1, -0.05) is 17.7 Å². The number of nitrogens with zero attached hydrogens (tertiary/aromatic N) is 4. The molecule has 0 spiro atoms.